The Hall–Kier alpha value is -6.33. The third-order valence-electron chi connectivity index (χ3n) is 8.49. The molecule has 0 radical (unpaired) electrons. The van der Waals surface area contributed by atoms with E-state index in [4.69, 9.17) is 19.4 Å². The highest BCUT2D eigenvalue weighted by atomic mass is 16.3. The van der Waals surface area contributed by atoms with E-state index < -0.39 is 0 Å². The molecule has 0 aliphatic carbocycles. The van der Waals surface area contributed by atoms with E-state index in [9.17, 15) is 0 Å². The predicted octanol–water partition coefficient (Wildman–Crippen LogP) is 10.4. The van der Waals surface area contributed by atoms with E-state index in [0.717, 1.165) is 61.3 Å². The van der Waals surface area contributed by atoms with Crippen molar-refractivity contribution in [2.75, 3.05) is 0 Å². The van der Waals surface area contributed by atoms with Crippen LogP contribution in [0.5, 0.6) is 0 Å². The summed E-state index contributed by atoms with van der Waals surface area (Å²) in [4.78, 5) is 14.6. The molecule has 0 N–H and O–H groups in total. The molecule has 0 unspecified atom stereocenters. The zero-order chi connectivity index (χ0) is 30.5. The van der Waals surface area contributed by atoms with Gasteiger partial charge in [-0.15, -0.1) is 0 Å². The average molecular weight is 591 g/mol. The highest BCUT2D eigenvalue weighted by Crippen LogP contribution is 2.39. The van der Waals surface area contributed by atoms with Crippen LogP contribution >= 0.6 is 0 Å². The van der Waals surface area contributed by atoms with Gasteiger partial charge in [0.2, 0.25) is 5.71 Å². The molecule has 5 nitrogen and oxygen atoms in total. The highest BCUT2D eigenvalue weighted by Gasteiger charge is 2.19. The summed E-state index contributed by atoms with van der Waals surface area (Å²) in [6.07, 6.45) is 0. The first kappa shape index (κ1) is 26.1. The molecule has 0 atom stereocenters. The maximum atomic E-state index is 6.41. The van der Waals surface area contributed by atoms with Gasteiger partial charge >= 0.3 is 0 Å². The predicted molar refractivity (Wildman–Crippen MR) is 185 cm³/mol. The van der Waals surface area contributed by atoms with Gasteiger partial charge in [-0.25, -0.2) is 15.0 Å². The number of para-hydroxylation sites is 3. The summed E-state index contributed by atoms with van der Waals surface area (Å²) in [7, 11) is 0. The van der Waals surface area contributed by atoms with E-state index in [-0.39, 0.29) is 0 Å². The van der Waals surface area contributed by atoms with Crippen LogP contribution in [0.4, 0.5) is 0 Å². The van der Waals surface area contributed by atoms with E-state index >= 15 is 0 Å². The third kappa shape index (κ3) is 4.37. The molecule has 0 aliphatic rings. The largest absolute Gasteiger partial charge is 0.438 e. The van der Waals surface area contributed by atoms with Crippen LogP contribution in [-0.4, -0.2) is 19.4 Å². The quantitative estimate of drug-likeness (QED) is 0.200. The van der Waals surface area contributed by atoms with Crippen LogP contribution in [0, 0.1) is 0 Å². The first-order chi connectivity index (χ1) is 22.8. The zero-order valence-electron chi connectivity index (χ0n) is 24.7. The van der Waals surface area contributed by atoms with Crippen molar-refractivity contribution in [3.63, 3.8) is 0 Å². The Morgan fingerprint density at radius 2 is 0.804 bits per heavy atom. The third-order valence-corrected chi connectivity index (χ3v) is 8.49. The fourth-order valence-corrected chi connectivity index (χ4v) is 6.24. The van der Waals surface area contributed by atoms with Crippen molar-refractivity contribution in [1.29, 1.82) is 0 Å². The summed E-state index contributed by atoms with van der Waals surface area (Å²) in [5.41, 5.74) is 11.3. The first-order valence-electron chi connectivity index (χ1n) is 15.3. The van der Waals surface area contributed by atoms with Crippen molar-refractivity contribution in [3.05, 3.63) is 158 Å². The van der Waals surface area contributed by atoms with Crippen LogP contribution in [0.25, 0.3) is 84.1 Å². The summed E-state index contributed by atoms with van der Waals surface area (Å²) in [6.45, 7) is 0. The minimum absolute atomic E-state index is 0.644. The molecule has 3 aromatic heterocycles. The molecule has 0 saturated heterocycles. The number of fused-ring (bicyclic) bond motifs is 5. The van der Waals surface area contributed by atoms with E-state index in [1.165, 1.54) is 5.39 Å². The second-order valence-electron chi connectivity index (χ2n) is 11.3. The molecule has 5 heteroatoms. The topological polar surface area (TPSA) is 56.2 Å². The van der Waals surface area contributed by atoms with Crippen molar-refractivity contribution in [2.45, 2.75) is 0 Å². The lowest BCUT2D eigenvalue weighted by molar-refractivity contribution is 0.658. The number of rotatable bonds is 5. The molecular formula is C41H26N4O. The van der Waals surface area contributed by atoms with Crippen molar-refractivity contribution >= 4 is 27.7 Å². The van der Waals surface area contributed by atoms with Crippen molar-refractivity contribution in [2.24, 2.45) is 0 Å². The number of nitrogens with zero attached hydrogens (tertiary/aromatic N) is 4. The molecule has 0 aliphatic heterocycles. The standard InChI is InChI=1S/C41H26N4O/c1-3-11-30(12-4-1)38-42-39(31-13-5-2-6-14-31)44-40(43-38)32-25-21-28(22-26-32)27-19-23-29(24-20-27)37-33-15-7-8-16-34(33)45-35-17-9-10-18-36(35)46-41(37)45/h1-26H. The van der Waals surface area contributed by atoms with E-state index in [0.29, 0.717) is 17.5 Å². The molecular weight excluding hydrogens is 564 g/mol. The lowest BCUT2D eigenvalue weighted by Crippen LogP contribution is -2.00. The fourth-order valence-electron chi connectivity index (χ4n) is 6.24. The van der Waals surface area contributed by atoms with Crippen LogP contribution in [0.2, 0.25) is 0 Å². The van der Waals surface area contributed by atoms with Crippen LogP contribution in [0.1, 0.15) is 0 Å². The molecule has 0 fully saturated rings. The Labute approximate surface area is 265 Å². The number of hydrogen-bond acceptors (Lipinski definition) is 4. The minimum atomic E-state index is 0.644. The van der Waals surface area contributed by atoms with Gasteiger partial charge in [0.1, 0.15) is 0 Å². The Morgan fingerprint density at radius 1 is 0.370 bits per heavy atom. The van der Waals surface area contributed by atoms with Gasteiger partial charge in [0.05, 0.1) is 16.6 Å². The Bertz CT molecular complexity index is 2440. The average Bonchev–Trinajstić information content (AvgIpc) is 3.67. The number of aromatic nitrogens is 4. The van der Waals surface area contributed by atoms with Gasteiger partial charge in [-0.3, -0.25) is 4.40 Å². The fraction of sp³-hybridized carbons (Fsp3) is 0. The lowest BCUT2D eigenvalue weighted by atomic mass is 9.99. The minimum Gasteiger partial charge on any atom is -0.438 e. The van der Waals surface area contributed by atoms with Crippen LogP contribution < -0.4 is 0 Å². The molecule has 216 valence electrons. The summed E-state index contributed by atoms with van der Waals surface area (Å²) in [5.74, 6) is 1.95. The summed E-state index contributed by atoms with van der Waals surface area (Å²) in [5, 5.41) is 1.17. The van der Waals surface area contributed by atoms with Gasteiger partial charge in [-0.2, -0.15) is 0 Å². The zero-order valence-corrected chi connectivity index (χ0v) is 24.7. The van der Waals surface area contributed by atoms with E-state index in [2.05, 4.69) is 89.3 Å². The van der Waals surface area contributed by atoms with Crippen LogP contribution in [0.3, 0.4) is 0 Å². The van der Waals surface area contributed by atoms with E-state index in [1.807, 2.05) is 72.8 Å². The molecule has 0 saturated carbocycles. The first-order valence-corrected chi connectivity index (χ1v) is 15.3. The van der Waals surface area contributed by atoms with Crippen molar-refractivity contribution in [1.82, 2.24) is 19.4 Å². The van der Waals surface area contributed by atoms with E-state index in [1.54, 1.807) is 0 Å². The van der Waals surface area contributed by atoms with Gasteiger partial charge in [-0.05, 0) is 34.9 Å². The summed E-state index contributed by atoms with van der Waals surface area (Å²) >= 11 is 0. The van der Waals surface area contributed by atoms with Gasteiger partial charge < -0.3 is 4.42 Å². The summed E-state index contributed by atoms with van der Waals surface area (Å²) < 4.78 is 8.64. The molecule has 6 aromatic carbocycles. The second-order valence-corrected chi connectivity index (χ2v) is 11.3. The SMILES string of the molecule is c1ccc(-c2nc(-c3ccccc3)nc(-c3ccc(-c4ccc(-c5c6ccccc6n6c5oc5ccccc56)cc4)cc3)n2)cc1. The summed E-state index contributed by atoms with van der Waals surface area (Å²) in [6, 6.07) is 53.9. The number of hydrogen-bond donors (Lipinski definition) is 0. The van der Waals surface area contributed by atoms with Gasteiger partial charge in [-0.1, -0.05) is 140 Å². The second kappa shape index (κ2) is 10.7. The molecule has 46 heavy (non-hydrogen) atoms. The van der Waals surface area contributed by atoms with Crippen molar-refractivity contribution in [3.8, 4) is 56.4 Å². The molecule has 0 spiro atoms. The Kier molecular flexibility index (Phi) is 6.06. The maximum absolute atomic E-state index is 6.41. The Balaban J connectivity index is 1.08. The van der Waals surface area contributed by atoms with Crippen molar-refractivity contribution < 1.29 is 4.42 Å². The van der Waals surface area contributed by atoms with Gasteiger partial charge in [0.25, 0.3) is 0 Å². The highest BCUT2D eigenvalue weighted by molar-refractivity contribution is 6.07. The molecule has 0 bridgehead atoms. The molecule has 0 amide bonds. The molecule has 9 rings (SSSR count). The maximum Gasteiger partial charge on any atom is 0.213 e. The lowest BCUT2D eigenvalue weighted by Gasteiger charge is -2.09. The Morgan fingerprint density at radius 3 is 1.39 bits per heavy atom. The molecule has 9 aromatic rings. The smallest absolute Gasteiger partial charge is 0.213 e. The van der Waals surface area contributed by atoms with Gasteiger partial charge in [0, 0.05) is 22.1 Å². The normalized spacial score (nSPS) is 11.5. The van der Waals surface area contributed by atoms with Gasteiger partial charge in [0.15, 0.2) is 23.1 Å². The molecule has 3 heterocycles. The van der Waals surface area contributed by atoms with Crippen LogP contribution in [-0.2, 0) is 0 Å². The number of oxazole rings is 1. The van der Waals surface area contributed by atoms with Crippen LogP contribution in [0.15, 0.2) is 162 Å². The monoisotopic (exact) mass is 590 g/mol. The number of benzene rings is 6.